The Hall–Kier alpha value is -1.96. The van der Waals surface area contributed by atoms with E-state index in [1.807, 2.05) is 0 Å². The number of nitrogens with zero attached hydrogens (tertiary/aromatic N) is 2. The molecule has 5 nitrogen and oxygen atoms in total. The Morgan fingerprint density at radius 2 is 1.79 bits per heavy atom. The Kier molecular flexibility index (Phi) is 7.34. The van der Waals surface area contributed by atoms with E-state index in [4.69, 9.17) is 5.73 Å². The molecule has 0 aromatic heterocycles. The van der Waals surface area contributed by atoms with E-state index >= 15 is 0 Å². The van der Waals surface area contributed by atoms with Crippen molar-refractivity contribution in [3.05, 3.63) is 24.3 Å². The molecule has 0 fully saturated rings. The van der Waals surface area contributed by atoms with Gasteiger partial charge in [0.15, 0.2) is 11.7 Å². The molecule has 0 aliphatic heterocycles. The van der Waals surface area contributed by atoms with Gasteiger partial charge in [-0.05, 0) is 39.8 Å². The Morgan fingerprint density at radius 3 is 2.33 bits per heavy atom. The number of aliphatic imine (C=N–C) groups is 1. The van der Waals surface area contributed by atoms with Crippen LogP contribution in [0.1, 0.15) is 27.7 Å². The van der Waals surface area contributed by atoms with E-state index in [-0.39, 0.29) is 17.4 Å². The zero-order valence-corrected chi connectivity index (χ0v) is 14.4. The molecule has 0 unspecified atom stereocenters. The topological polar surface area (TPSA) is 62.9 Å². The monoisotopic (exact) mass is 346 g/mol. The van der Waals surface area contributed by atoms with Crippen molar-refractivity contribution in [3.8, 4) is 5.75 Å². The van der Waals surface area contributed by atoms with Gasteiger partial charge in [-0.2, -0.15) is 0 Å². The second-order valence-corrected chi connectivity index (χ2v) is 5.86. The van der Waals surface area contributed by atoms with Crippen LogP contribution in [0, 0.1) is 0 Å². The molecule has 0 saturated carbocycles. The van der Waals surface area contributed by atoms with Crippen LogP contribution in [0.5, 0.6) is 5.75 Å². The standard InChI is InChI=1S/C16H25F3N4O/c1-11(2)23(12(3)4)10-9-21-15(20)22-13-7-5-6-8-14(13)24-16(17,18)19/h5-8,11-12H,9-10H2,1-4H3,(H3,20,21,22). The number of hydrogen-bond acceptors (Lipinski definition) is 3. The van der Waals surface area contributed by atoms with Crippen LogP contribution in [0.4, 0.5) is 18.9 Å². The van der Waals surface area contributed by atoms with Crippen LogP contribution in [-0.4, -0.2) is 42.4 Å². The van der Waals surface area contributed by atoms with Gasteiger partial charge >= 0.3 is 6.36 Å². The average molecular weight is 346 g/mol. The fourth-order valence-corrected chi connectivity index (χ4v) is 2.36. The molecule has 8 heteroatoms. The molecule has 0 spiro atoms. The van der Waals surface area contributed by atoms with Gasteiger partial charge in [0.1, 0.15) is 0 Å². The molecular formula is C16H25F3N4O. The number of hydrogen-bond donors (Lipinski definition) is 2. The van der Waals surface area contributed by atoms with Gasteiger partial charge in [0.05, 0.1) is 12.2 Å². The van der Waals surface area contributed by atoms with Crippen LogP contribution in [0.15, 0.2) is 29.3 Å². The number of rotatable bonds is 7. The van der Waals surface area contributed by atoms with Crippen molar-refractivity contribution in [2.75, 3.05) is 18.4 Å². The number of ether oxygens (including phenoxy) is 1. The molecule has 0 aliphatic rings. The van der Waals surface area contributed by atoms with Crippen molar-refractivity contribution in [2.24, 2.45) is 10.7 Å². The van der Waals surface area contributed by atoms with E-state index in [0.29, 0.717) is 25.2 Å². The summed E-state index contributed by atoms with van der Waals surface area (Å²) in [4.78, 5) is 6.41. The van der Waals surface area contributed by atoms with Crippen molar-refractivity contribution in [2.45, 2.75) is 46.1 Å². The molecule has 0 aliphatic carbocycles. The van der Waals surface area contributed by atoms with Gasteiger partial charge in [-0.15, -0.1) is 13.2 Å². The normalized spacial score (nSPS) is 13.0. The summed E-state index contributed by atoms with van der Waals surface area (Å²) in [6.45, 7) is 9.52. The van der Waals surface area contributed by atoms with Gasteiger partial charge in [-0.1, -0.05) is 12.1 Å². The average Bonchev–Trinajstić information content (AvgIpc) is 2.43. The molecule has 0 heterocycles. The van der Waals surface area contributed by atoms with Crippen LogP contribution >= 0.6 is 0 Å². The number of benzene rings is 1. The lowest BCUT2D eigenvalue weighted by Gasteiger charge is -2.29. The third-order valence-electron chi connectivity index (χ3n) is 3.34. The van der Waals surface area contributed by atoms with Crippen molar-refractivity contribution in [1.82, 2.24) is 4.90 Å². The summed E-state index contributed by atoms with van der Waals surface area (Å²) in [5.74, 6) is -0.310. The summed E-state index contributed by atoms with van der Waals surface area (Å²) in [7, 11) is 0. The number of anilines is 1. The lowest BCUT2D eigenvalue weighted by molar-refractivity contribution is -0.274. The molecule has 1 aromatic carbocycles. The SMILES string of the molecule is CC(C)N(CCN=C(N)Nc1ccccc1OC(F)(F)F)C(C)C. The first kappa shape index (κ1) is 20.1. The molecule has 0 atom stereocenters. The summed E-state index contributed by atoms with van der Waals surface area (Å²) in [5, 5.41) is 2.65. The van der Waals surface area contributed by atoms with Gasteiger partial charge in [0.25, 0.3) is 0 Å². The molecule has 1 rings (SSSR count). The molecule has 3 N–H and O–H groups in total. The molecule has 0 saturated heterocycles. The molecular weight excluding hydrogens is 321 g/mol. The minimum Gasteiger partial charge on any atom is -0.404 e. The maximum absolute atomic E-state index is 12.4. The Bertz CT molecular complexity index is 536. The zero-order valence-electron chi connectivity index (χ0n) is 14.4. The lowest BCUT2D eigenvalue weighted by atomic mass is 10.2. The Labute approximate surface area is 140 Å². The first-order valence-electron chi connectivity index (χ1n) is 7.77. The fraction of sp³-hybridized carbons (Fsp3) is 0.562. The van der Waals surface area contributed by atoms with Crippen LogP contribution < -0.4 is 15.8 Å². The highest BCUT2D eigenvalue weighted by atomic mass is 19.4. The van der Waals surface area contributed by atoms with Gasteiger partial charge in [-0.25, -0.2) is 0 Å². The Balaban J connectivity index is 2.69. The number of alkyl halides is 3. The van der Waals surface area contributed by atoms with Crippen LogP contribution in [0.25, 0.3) is 0 Å². The summed E-state index contributed by atoms with van der Waals surface area (Å²) in [6, 6.07) is 6.42. The molecule has 0 amide bonds. The zero-order chi connectivity index (χ0) is 18.3. The summed E-state index contributed by atoms with van der Waals surface area (Å²) in [6.07, 6.45) is -4.77. The highest BCUT2D eigenvalue weighted by molar-refractivity contribution is 5.93. The maximum Gasteiger partial charge on any atom is 0.573 e. The largest absolute Gasteiger partial charge is 0.573 e. The third kappa shape index (κ3) is 7.08. The Morgan fingerprint density at radius 1 is 1.21 bits per heavy atom. The van der Waals surface area contributed by atoms with Gasteiger partial charge < -0.3 is 15.8 Å². The highest BCUT2D eigenvalue weighted by Crippen LogP contribution is 2.29. The third-order valence-corrected chi connectivity index (χ3v) is 3.34. The first-order chi connectivity index (χ1) is 11.1. The number of guanidine groups is 1. The quantitative estimate of drug-likeness (QED) is 0.586. The number of nitrogens with two attached hydrogens (primary N) is 1. The van der Waals surface area contributed by atoms with Crippen LogP contribution in [0.3, 0.4) is 0 Å². The van der Waals surface area contributed by atoms with Crippen molar-refractivity contribution in [1.29, 1.82) is 0 Å². The highest BCUT2D eigenvalue weighted by Gasteiger charge is 2.32. The number of halogens is 3. The summed E-state index contributed by atoms with van der Waals surface area (Å²) < 4.78 is 41.1. The van der Waals surface area contributed by atoms with E-state index in [1.54, 1.807) is 6.07 Å². The van der Waals surface area contributed by atoms with Gasteiger partial charge in [0, 0.05) is 18.6 Å². The summed E-state index contributed by atoms with van der Waals surface area (Å²) >= 11 is 0. The minimum absolute atomic E-state index is 0.0423. The first-order valence-corrected chi connectivity index (χ1v) is 7.77. The van der Waals surface area contributed by atoms with Crippen molar-refractivity contribution >= 4 is 11.6 Å². The fourth-order valence-electron chi connectivity index (χ4n) is 2.36. The van der Waals surface area contributed by atoms with Crippen molar-refractivity contribution < 1.29 is 17.9 Å². The van der Waals surface area contributed by atoms with Crippen LogP contribution in [0.2, 0.25) is 0 Å². The van der Waals surface area contributed by atoms with Gasteiger partial charge in [0.2, 0.25) is 0 Å². The van der Waals surface area contributed by atoms with E-state index in [2.05, 4.69) is 47.6 Å². The second-order valence-electron chi connectivity index (χ2n) is 5.86. The van der Waals surface area contributed by atoms with Crippen molar-refractivity contribution in [3.63, 3.8) is 0 Å². The predicted octanol–water partition coefficient (Wildman–Crippen LogP) is 3.43. The van der Waals surface area contributed by atoms with E-state index in [1.165, 1.54) is 18.2 Å². The summed E-state index contributed by atoms with van der Waals surface area (Å²) in [5.41, 5.74) is 5.87. The second kappa shape index (κ2) is 8.77. The molecule has 0 radical (unpaired) electrons. The van der Waals surface area contributed by atoms with E-state index in [9.17, 15) is 13.2 Å². The number of nitrogens with one attached hydrogen (secondary N) is 1. The number of para-hydroxylation sites is 2. The van der Waals surface area contributed by atoms with E-state index in [0.717, 1.165) is 0 Å². The molecule has 24 heavy (non-hydrogen) atoms. The minimum atomic E-state index is -4.77. The molecule has 1 aromatic rings. The lowest BCUT2D eigenvalue weighted by Crippen LogP contribution is -2.39. The molecule has 136 valence electrons. The van der Waals surface area contributed by atoms with Gasteiger partial charge in [-0.3, -0.25) is 9.89 Å². The molecule has 0 bridgehead atoms. The maximum atomic E-state index is 12.4. The van der Waals surface area contributed by atoms with E-state index < -0.39 is 6.36 Å². The van der Waals surface area contributed by atoms with Crippen LogP contribution in [-0.2, 0) is 0 Å². The predicted molar refractivity (Wildman–Crippen MR) is 90.2 cm³/mol. The smallest absolute Gasteiger partial charge is 0.404 e.